The predicted octanol–water partition coefficient (Wildman–Crippen LogP) is 2.24. The molecular weight excluding hydrogens is 260 g/mol. The summed E-state index contributed by atoms with van der Waals surface area (Å²) in [6, 6.07) is 3.57. The Kier molecular flexibility index (Phi) is 7.05. The standard InChI is InChI=1S/C15H25F2N3/c1-4-7-20(9-8-19(2)3)11-15(18)12-5-6-13(16)14(17)10-12/h5-6,10,15H,4,7-9,11,18H2,1-3H3. The van der Waals surface area contributed by atoms with Gasteiger partial charge in [-0.15, -0.1) is 0 Å². The fraction of sp³-hybridized carbons (Fsp3) is 0.600. The molecule has 0 bridgehead atoms. The van der Waals surface area contributed by atoms with Crippen LogP contribution in [0.25, 0.3) is 0 Å². The number of nitrogens with zero attached hydrogens (tertiary/aromatic N) is 2. The molecule has 1 atom stereocenters. The van der Waals surface area contributed by atoms with E-state index < -0.39 is 11.6 Å². The number of likely N-dealkylation sites (N-methyl/N-ethyl adjacent to an activating group) is 1. The molecule has 0 saturated carbocycles. The van der Waals surface area contributed by atoms with Crippen LogP contribution in [0.2, 0.25) is 0 Å². The first kappa shape index (κ1) is 17.0. The SMILES string of the molecule is CCCN(CCN(C)C)CC(N)c1ccc(F)c(F)c1. The third kappa shape index (κ3) is 5.53. The average Bonchev–Trinajstić information content (AvgIpc) is 2.39. The van der Waals surface area contributed by atoms with Gasteiger partial charge in [0.05, 0.1) is 0 Å². The molecule has 3 nitrogen and oxygen atoms in total. The van der Waals surface area contributed by atoms with Crippen LogP contribution in [0, 0.1) is 11.6 Å². The summed E-state index contributed by atoms with van der Waals surface area (Å²) >= 11 is 0. The van der Waals surface area contributed by atoms with E-state index in [1.165, 1.54) is 6.07 Å². The Morgan fingerprint density at radius 1 is 1.10 bits per heavy atom. The second kappa shape index (κ2) is 8.29. The zero-order valence-electron chi connectivity index (χ0n) is 12.6. The highest BCUT2D eigenvalue weighted by molar-refractivity contribution is 5.21. The van der Waals surface area contributed by atoms with Gasteiger partial charge in [0, 0.05) is 25.7 Å². The van der Waals surface area contributed by atoms with E-state index >= 15 is 0 Å². The highest BCUT2D eigenvalue weighted by Crippen LogP contribution is 2.15. The Morgan fingerprint density at radius 2 is 1.80 bits per heavy atom. The van der Waals surface area contributed by atoms with Gasteiger partial charge in [-0.1, -0.05) is 13.0 Å². The molecule has 0 spiro atoms. The van der Waals surface area contributed by atoms with E-state index in [1.54, 1.807) is 6.07 Å². The number of nitrogens with two attached hydrogens (primary N) is 1. The molecule has 0 aromatic heterocycles. The molecule has 0 aliphatic rings. The summed E-state index contributed by atoms with van der Waals surface area (Å²) in [6.07, 6.45) is 1.04. The Bertz CT molecular complexity index is 410. The molecule has 1 unspecified atom stereocenters. The number of hydrogen-bond donors (Lipinski definition) is 1. The predicted molar refractivity (Wildman–Crippen MR) is 78.6 cm³/mol. The highest BCUT2D eigenvalue weighted by Gasteiger charge is 2.14. The maximum atomic E-state index is 13.2. The van der Waals surface area contributed by atoms with Gasteiger partial charge in [-0.3, -0.25) is 0 Å². The van der Waals surface area contributed by atoms with Gasteiger partial charge in [0.1, 0.15) is 0 Å². The first-order chi connectivity index (χ1) is 9.43. The second-order valence-electron chi connectivity index (χ2n) is 5.38. The maximum Gasteiger partial charge on any atom is 0.159 e. The molecule has 0 aliphatic carbocycles. The molecule has 1 aromatic carbocycles. The number of benzene rings is 1. The van der Waals surface area contributed by atoms with Crippen molar-refractivity contribution in [1.29, 1.82) is 0 Å². The van der Waals surface area contributed by atoms with Crippen molar-refractivity contribution in [2.24, 2.45) is 5.73 Å². The Hall–Kier alpha value is -1.04. The van der Waals surface area contributed by atoms with Crippen LogP contribution in [0.5, 0.6) is 0 Å². The summed E-state index contributed by atoms with van der Waals surface area (Å²) < 4.78 is 26.2. The van der Waals surface area contributed by atoms with E-state index in [-0.39, 0.29) is 6.04 Å². The van der Waals surface area contributed by atoms with Crippen LogP contribution in [0.1, 0.15) is 24.9 Å². The molecule has 0 radical (unpaired) electrons. The number of rotatable bonds is 8. The lowest BCUT2D eigenvalue weighted by molar-refractivity contribution is 0.229. The van der Waals surface area contributed by atoms with Crippen molar-refractivity contribution in [3.05, 3.63) is 35.4 Å². The van der Waals surface area contributed by atoms with Crippen molar-refractivity contribution in [3.63, 3.8) is 0 Å². The molecule has 0 aliphatic heterocycles. The van der Waals surface area contributed by atoms with Crippen molar-refractivity contribution >= 4 is 0 Å². The van der Waals surface area contributed by atoms with E-state index in [2.05, 4.69) is 16.7 Å². The normalized spacial score (nSPS) is 13.2. The van der Waals surface area contributed by atoms with Gasteiger partial charge >= 0.3 is 0 Å². The molecule has 20 heavy (non-hydrogen) atoms. The fourth-order valence-corrected chi connectivity index (χ4v) is 2.08. The fourth-order valence-electron chi connectivity index (χ4n) is 2.08. The molecule has 114 valence electrons. The van der Waals surface area contributed by atoms with Crippen LogP contribution in [0.3, 0.4) is 0 Å². The molecule has 0 heterocycles. The van der Waals surface area contributed by atoms with Crippen molar-refractivity contribution in [2.75, 3.05) is 40.3 Å². The zero-order chi connectivity index (χ0) is 15.1. The Balaban J connectivity index is 2.63. The first-order valence-corrected chi connectivity index (χ1v) is 7.01. The largest absolute Gasteiger partial charge is 0.323 e. The quantitative estimate of drug-likeness (QED) is 0.795. The van der Waals surface area contributed by atoms with Gasteiger partial charge in [-0.2, -0.15) is 0 Å². The zero-order valence-corrected chi connectivity index (χ0v) is 12.6. The lowest BCUT2D eigenvalue weighted by atomic mass is 10.1. The van der Waals surface area contributed by atoms with Crippen molar-refractivity contribution < 1.29 is 8.78 Å². The van der Waals surface area contributed by atoms with Gasteiger partial charge in [0.15, 0.2) is 11.6 Å². The minimum absolute atomic E-state index is 0.307. The molecular formula is C15H25F2N3. The summed E-state index contributed by atoms with van der Waals surface area (Å²) in [5.41, 5.74) is 6.74. The van der Waals surface area contributed by atoms with Gasteiger partial charge in [-0.05, 0) is 44.8 Å². The molecule has 0 saturated heterocycles. The van der Waals surface area contributed by atoms with Crippen LogP contribution >= 0.6 is 0 Å². The number of hydrogen-bond acceptors (Lipinski definition) is 3. The van der Waals surface area contributed by atoms with Gasteiger partial charge in [0.25, 0.3) is 0 Å². The first-order valence-electron chi connectivity index (χ1n) is 7.01. The molecule has 5 heteroatoms. The van der Waals surface area contributed by atoms with E-state index in [9.17, 15) is 8.78 Å². The van der Waals surface area contributed by atoms with Gasteiger partial charge in [0.2, 0.25) is 0 Å². The lowest BCUT2D eigenvalue weighted by Gasteiger charge is -2.26. The minimum Gasteiger partial charge on any atom is -0.323 e. The van der Waals surface area contributed by atoms with Crippen molar-refractivity contribution in [1.82, 2.24) is 9.80 Å². The van der Waals surface area contributed by atoms with E-state index in [4.69, 9.17) is 5.73 Å². The number of halogens is 2. The minimum atomic E-state index is -0.840. The molecule has 1 aromatic rings. The third-order valence-corrected chi connectivity index (χ3v) is 3.23. The smallest absolute Gasteiger partial charge is 0.159 e. The monoisotopic (exact) mass is 285 g/mol. The Morgan fingerprint density at radius 3 is 2.35 bits per heavy atom. The summed E-state index contributed by atoms with van der Waals surface area (Å²) in [4.78, 5) is 4.37. The van der Waals surface area contributed by atoms with Crippen LogP contribution < -0.4 is 5.73 Å². The van der Waals surface area contributed by atoms with Crippen LogP contribution in [-0.4, -0.2) is 50.1 Å². The highest BCUT2D eigenvalue weighted by atomic mass is 19.2. The molecule has 2 N–H and O–H groups in total. The van der Waals surface area contributed by atoms with Crippen molar-refractivity contribution in [3.8, 4) is 0 Å². The van der Waals surface area contributed by atoms with Crippen LogP contribution in [0.15, 0.2) is 18.2 Å². The van der Waals surface area contributed by atoms with E-state index in [0.29, 0.717) is 12.1 Å². The topological polar surface area (TPSA) is 32.5 Å². The molecule has 0 fully saturated rings. The summed E-state index contributed by atoms with van der Waals surface area (Å²) in [5.74, 6) is -1.67. The summed E-state index contributed by atoms with van der Waals surface area (Å²) in [6.45, 7) is 5.58. The van der Waals surface area contributed by atoms with Crippen LogP contribution in [0.4, 0.5) is 8.78 Å². The Labute approximate surface area is 120 Å². The average molecular weight is 285 g/mol. The lowest BCUT2D eigenvalue weighted by Crippen LogP contribution is -2.37. The van der Waals surface area contributed by atoms with Gasteiger partial charge in [-0.25, -0.2) is 8.78 Å². The molecule has 1 rings (SSSR count). The van der Waals surface area contributed by atoms with Crippen molar-refractivity contribution in [2.45, 2.75) is 19.4 Å². The molecule has 0 amide bonds. The van der Waals surface area contributed by atoms with Gasteiger partial charge < -0.3 is 15.5 Å². The van der Waals surface area contributed by atoms with E-state index in [1.807, 2.05) is 14.1 Å². The summed E-state index contributed by atoms with van der Waals surface area (Å²) in [7, 11) is 4.05. The van der Waals surface area contributed by atoms with E-state index in [0.717, 1.165) is 32.1 Å². The maximum absolute atomic E-state index is 13.2. The third-order valence-electron chi connectivity index (χ3n) is 3.23. The summed E-state index contributed by atoms with van der Waals surface area (Å²) in [5, 5.41) is 0. The van der Waals surface area contributed by atoms with Crippen LogP contribution in [-0.2, 0) is 0 Å². The second-order valence-corrected chi connectivity index (χ2v) is 5.38.